The SMILES string of the molecule is CCOc1ccc(C)nc1C(=O)N1CCCCC1Cc1nc2c(C)cccn2c1Cl. The van der Waals surface area contributed by atoms with E-state index in [1.807, 2.05) is 60.5 Å². The number of pyridine rings is 2. The number of rotatable bonds is 5. The summed E-state index contributed by atoms with van der Waals surface area (Å²) >= 11 is 6.64. The van der Waals surface area contributed by atoms with Crippen LogP contribution in [0.15, 0.2) is 30.5 Å². The van der Waals surface area contributed by atoms with Crippen molar-refractivity contribution in [2.24, 2.45) is 0 Å². The van der Waals surface area contributed by atoms with E-state index in [1.54, 1.807) is 0 Å². The summed E-state index contributed by atoms with van der Waals surface area (Å²) in [6.45, 7) is 7.01. The maximum atomic E-state index is 13.5. The van der Waals surface area contributed by atoms with Crippen LogP contribution >= 0.6 is 11.6 Å². The molecule has 158 valence electrons. The summed E-state index contributed by atoms with van der Waals surface area (Å²) in [4.78, 5) is 24.7. The second kappa shape index (κ2) is 8.64. The van der Waals surface area contributed by atoms with Gasteiger partial charge in [-0.25, -0.2) is 9.97 Å². The van der Waals surface area contributed by atoms with E-state index in [0.717, 1.165) is 41.9 Å². The van der Waals surface area contributed by atoms with Crippen LogP contribution in [-0.2, 0) is 6.42 Å². The van der Waals surface area contributed by atoms with Gasteiger partial charge in [0.15, 0.2) is 11.4 Å². The highest BCUT2D eigenvalue weighted by Crippen LogP contribution is 2.28. The molecule has 1 amide bonds. The van der Waals surface area contributed by atoms with Crippen LogP contribution in [0.2, 0.25) is 5.15 Å². The number of ether oxygens (including phenoxy) is 1. The average Bonchev–Trinajstić information content (AvgIpc) is 3.06. The van der Waals surface area contributed by atoms with E-state index < -0.39 is 0 Å². The summed E-state index contributed by atoms with van der Waals surface area (Å²) in [6.07, 6.45) is 5.54. The lowest BCUT2D eigenvalue weighted by molar-refractivity contribution is 0.0601. The monoisotopic (exact) mass is 426 g/mol. The van der Waals surface area contributed by atoms with Gasteiger partial charge in [-0.1, -0.05) is 17.7 Å². The van der Waals surface area contributed by atoms with E-state index in [4.69, 9.17) is 21.3 Å². The van der Waals surface area contributed by atoms with Gasteiger partial charge in [0.1, 0.15) is 10.8 Å². The predicted molar refractivity (Wildman–Crippen MR) is 117 cm³/mol. The van der Waals surface area contributed by atoms with Gasteiger partial charge in [0, 0.05) is 30.9 Å². The Morgan fingerprint density at radius 3 is 2.83 bits per heavy atom. The molecule has 6 nitrogen and oxygen atoms in total. The second-order valence-electron chi connectivity index (χ2n) is 7.82. The van der Waals surface area contributed by atoms with E-state index in [2.05, 4.69) is 4.98 Å². The molecule has 4 heterocycles. The van der Waals surface area contributed by atoms with Crippen molar-refractivity contribution in [2.75, 3.05) is 13.2 Å². The molecule has 4 rings (SSSR count). The minimum atomic E-state index is -0.0806. The molecule has 30 heavy (non-hydrogen) atoms. The molecular formula is C23H27ClN4O2. The number of imidazole rings is 1. The van der Waals surface area contributed by atoms with Gasteiger partial charge in [0.05, 0.1) is 12.3 Å². The minimum absolute atomic E-state index is 0.0331. The first-order valence-corrected chi connectivity index (χ1v) is 10.9. The van der Waals surface area contributed by atoms with Crippen molar-refractivity contribution in [1.29, 1.82) is 0 Å². The van der Waals surface area contributed by atoms with Gasteiger partial charge >= 0.3 is 0 Å². The van der Waals surface area contributed by atoms with Gasteiger partial charge in [0.2, 0.25) is 0 Å². The quantitative estimate of drug-likeness (QED) is 0.596. The molecule has 0 N–H and O–H groups in total. The molecule has 0 bridgehead atoms. The normalized spacial score (nSPS) is 16.8. The maximum Gasteiger partial charge on any atom is 0.276 e. The highest BCUT2D eigenvalue weighted by atomic mass is 35.5. The first kappa shape index (κ1) is 20.7. The second-order valence-corrected chi connectivity index (χ2v) is 8.18. The van der Waals surface area contributed by atoms with Crippen LogP contribution in [0, 0.1) is 13.8 Å². The maximum absolute atomic E-state index is 13.5. The topological polar surface area (TPSA) is 59.7 Å². The molecule has 0 radical (unpaired) electrons. The lowest BCUT2D eigenvalue weighted by Gasteiger charge is -2.35. The Balaban J connectivity index is 1.64. The molecule has 7 heteroatoms. The molecule has 3 aromatic rings. The van der Waals surface area contributed by atoms with E-state index in [-0.39, 0.29) is 11.9 Å². The summed E-state index contributed by atoms with van der Waals surface area (Å²) < 4.78 is 7.60. The smallest absolute Gasteiger partial charge is 0.276 e. The number of carbonyl (C=O) groups is 1. The van der Waals surface area contributed by atoms with Crippen LogP contribution in [0.25, 0.3) is 5.65 Å². The fraction of sp³-hybridized carbons (Fsp3) is 0.435. The standard InChI is InChI=1S/C23H27ClN4O2/c1-4-30-19-11-10-16(3)25-20(19)23(29)27-12-6-5-9-17(27)14-18-21(24)28-13-7-8-15(2)22(28)26-18/h7-8,10-11,13,17H,4-6,9,12,14H2,1-3H3. The predicted octanol–water partition coefficient (Wildman–Crippen LogP) is 4.64. The summed E-state index contributed by atoms with van der Waals surface area (Å²) in [5.74, 6) is 0.460. The zero-order chi connectivity index (χ0) is 21.3. The number of nitrogens with zero attached hydrogens (tertiary/aromatic N) is 4. The number of hydrogen-bond donors (Lipinski definition) is 0. The van der Waals surface area contributed by atoms with Crippen molar-refractivity contribution >= 4 is 23.2 Å². The number of carbonyl (C=O) groups excluding carboxylic acids is 1. The molecule has 1 aliphatic rings. The van der Waals surface area contributed by atoms with Crippen LogP contribution in [0.3, 0.4) is 0 Å². The van der Waals surface area contributed by atoms with Crippen LogP contribution in [0.1, 0.15) is 53.6 Å². The molecule has 0 aliphatic carbocycles. The fourth-order valence-corrected chi connectivity index (χ4v) is 4.42. The number of likely N-dealkylation sites (tertiary alicyclic amines) is 1. The van der Waals surface area contributed by atoms with Gasteiger partial charge in [-0.05, 0) is 63.8 Å². The average molecular weight is 427 g/mol. The van der Waals surface area contributed by atoms with E-state index >= 15 is 0 Å². The van der Waals surface area contributed by atoms with Gasteiger partial charge in [0.25, 0.3) is 5.91 Å². The zero-order valence-corrected chi connectivity index (χ0v) is 18.4. The number of piperidine rings is 1. The minimum Gasteiger partial charge on any atom is -0.491 e. The Labute approximate surface area is 181 Å². The molecule has 1 fully saturated rings. The number of aromatic nitrogens is 3. The van der Waals surface area contributed by atoms with Crippen molar-refractivity contribution < 1.29 is 9.53 Å². The first-order chi connectivity index (χ1) is 14.5. The largest absolute Gasteiger partial charge is 0.491 e. The first-order valence-electron chi connectivity index (χ1n) is 10.5. The summed E-state index contributed by atoms with van der Waals surface area (Å²) in [5, 5.41) is 0.621. The summed E-state index contributed by atoms with van der Waals surface area (Å²) in [7, 11) is 0. The molecule has 1 atom stereocenters. The molecule has 0 aromatic carbocycles. The van der Waals surface area contributed by atoms with Crippen LogP contribution in [-0.4, -0.2) is 44.4 Å². The zero-order valence-electron chi connectivity index (χ0n) is 17.7. The molecule has 0 saturated carbocycles. The number of hydrogen-bond acceptors (Lipinski definition) is 4. The molecule has 0 spiro atoms. The number of fused-ring (bicyclic) bond motifs is 1. The van der Waals surface area contributed by atoms with Crippen molar-refractivity contribution in [3.8, 4) is 5.75 Å². The van der Waals surface area contributed by atoms with E-state index in [0.29, 0.717) is 36.2 Å². The van der Waals surface area contributed by atoms with Gasteiger partial charge in [-0.15, -0.1) is 0 Å². The summed E-state index contributed by atoms with van der Waals surface area (Å²) in [5.41, 5.74) is 3.96. The lowest BCUT2D eigenvalue weighted by atomic mass is 9.97. The molecule has 3 aromatic heterocycles. The van der Waals surface area contributed by atoms with Gasteiger partial charge in [-0.2, -0.15) is 0 Å². The Bertz CT molecular complexity index is 1080. The van der Waals surface area contributed by atoms with Gasteiger partial charge < -0.3 is 9.64 Å². The number of halogens is 1. The van der Waals surface area contributed by atoms with Gasteiger partial charge in [-0.3, -0.25) is 9.20 Å². The molecular weight excluding hydrogens is 400 g/mol. The number of aryl methyl sites for hydroxylation is 2. The third-order valence-electron chi connectivity index (χ3n) is 5.67. The third-order valence-corrected chi connectivity index (χ3v) is 6.07. The molecule has 1 aliphatic heterocycles. The van der Waals surface area contributed by atoms with Crippen molar-refractivity contribution in [1.82, 2.24) is 19.3 Å². The van der Waals surface area contributed by atoms with Crippen molar-refractivity contribution in [3.63, 3.8) is 0 Å². The van der Waals surface area contributed by atoms with Crippen LogP contribution in [0.5, 0.6) is 5.75 Å². The van der Waals surface area contributed by atoms with Crippen LogP contribution < -0.4 is 4.74 Å². The molecule has 1 saturated heterocycles. The Morgan fingerprint density at radius 1 is 1.23 bits per heavy atom. The highest BCUT2D eigenvalue weighted by molar-refractivity contribution is 6.30. The Hall–Kier alpha value is -2.60. The van der Waals surface area contributed by atoms with Crippen molar-refractivity contribution in [3.05, 3.63) is 58.3 Å². The van der Waals surface area contributed by atoms with E-state index in [9.17, 15) is 4.79 Å². The van der Waals surface area contributed by atoms with Crippen molar-refractivity contribution in [2.45, 2.75) is 52.5 Å². The summed E-state index contributed by atoms with van der Waals surface area (Å²) in [6, 6.07) is 7.73. The number of amides is 1. The molecule has 1 unspecified atom stereocenters. The van der Waals surface area contributed by atoms with Crippen LogP contribution in [0.4, 0.5) is 0 Å². The third kappa shape index (κ3) is 3.88. The van der Waals surface area contributed by atoms with E-state index in [1.165, 1.54) is 0 Å². The fourth-order valence-electron chi connectivity index (χ4n) is 4.16. The highest BCUT2D eigenvalue weighted by Gasteiger charge is 2.31. The Kier molecular flexibility index (Phi) is 5.95. The lowest BCUT2D eigenvalue weighted by Crippen LogP contribution is -2.45. The Morgan fingerprint density at radius 2 is 2.07 bits per heavy atom.